The second-order valence-corrected chi connectivity index (χ2v) is 4.06. The molecule has 1 aromatic carbocycles. The highest BCUT2D eigenvalue weighted by molar-refractivity contribution is 6.28. The molecule has 102 valence electrons. The van der Waals surface area contributed by atoms with Crippen LogP contribution in [-0.4, -0.2) is 14.9 Å². The lowest BCUT2D eigenvalue weighted by molar-refractivity contribution is -0.386. The van der Waals surface area contributed by atoms with E-state index >= 15 is 0 Å². The Hall–Kier alpha value is -2.47. The molecule has 1 aromatic heterocycles. The quantitative estimate of drug-likeness (QED) is 0.485. The van der Waals surface area contributed by atoms with Crippen LogP contribution in [0.2, 0.25) is 5.28 Å². The lowest BCUT2D eigenvalue weighted by atomic mass is 10.2. The molecule has 0 fully saturated rings. The molecule has 0 saturated carbocycles. The van der Waals surface area contributed by atoms with Gasteiger partial charge in [0.1, 0.15) is 11.9 Å². The maximum Gasteiger partial charge on any atom is 0.349 e. The minimum Gasteiger partial charge on any atom is -0.433 e. The molecule has 7 heteroatoms. The van der Waals surface area contributed by atoms with Crippen LogP contribution in [0.5, 0.6) is 11.6 Å². The fraction of sp³-hybridized carbons (Fsp3) is 0.0769. The van der Waals surface area contributed by atoms with E-state index < -0.39 is 4.92 Å². The fourth-order valence-corrected chi connectivity index (χ4v) is 1.66. The van der Waals surface area contributed by atoms with Gasteiger partial charge < -0.3 is 4.74 Å². The summed E-state index contributed by atoms with van der Waals surface area (Å²) in [7, 11) is 0. The lowest BCUT2D eigenvalue weighted by Crippen LogP contribution is -1.98. The predicted octanol–water partition coefficient (Wildman–Crippen LogP) is 3.86. The summed E-state index contributed by atoms with van der Waals surface area (Å²) in [5.74, 6) is 0.260. The minimum atomic E-state index is -0.621. The highest BCUT2D eigenvalue weighted by atomic mass is 35.5. The van der Waals surface area contributed by atoms with Crippen molar-refractivity contribution in [3.63, 3.8) is 0 Å². The Morgan fingerprint density at radius 3 is 2.85 bits per heavy atom. The number of rotatable bonds is 4. The summed E-state index contributed by atoms with van der Waals surface area (Å²) in [6.07, 6.45) is 4.68. The van der Waals surface area contributed by atoms with Crippen LogP contribution in [0.4, 0.5) is 5.69 Å². The smallest absolute Gasteiger partial charge is 0.349 e. The Bertz CT molecular complexity index is 674. The largest absolute Gasteiger partial charge is 0.433 e. The van der Waals surface area contributed by atoms with Gasteiger partial charge in [-0.1, -0.05) is 30.4 Å². The summed E-state index contributed by atoms with van der Waals surface area (Å²) in [4.78, 5) is 17.6. The first kappa shape index (κ1) is 14.0. The maximum absolute atomic E-state index is 10.9. The first-order valence-electron chi connectivity index (χ1n) is 5.68. The maximum atomic E-state index is 10.9. The van der Waals surface area contributed by atoms with Crippen molar-refractivity contribution in [1.29, 1.82) is 0 Å². The van der Waals surface area contributed by atoms with E-state index in [1.54, 1.807) is 12.1 Å². The van der Waals surface area contributed by atoms with Crippen molar-refractivity contribution < 1.29 is 9.66 Å². The topological polar surface area (TPSA) is 78.2 Å². The molecule has 2 aromatic rings. The highest BCUT2D eigenvalue weighted by Gasteiger charge is 2.19. The molecule has 1 heterocycles. The van der Waals surface area contributed by atoms with Gasteiger partial charge in [-0.2, -0.15) is 4.98 Å². The van der Waals surface area contributed by atoms with Crippen LogP contribution in [0.15, 0.2) is 36.5 Å². The number of hydrogen-bond acceptors (Lipinski definition) is 5. The van der Waals surface area contributed by atoms with E-state index in [1.807, 2.05) is 31.2 Å². The van der Waals surface area contributed by atoms with Gasteiger partial charge >= 0.3 is 11.6 Å². The van der Waals surface area contributed by atoms with Crippen molar-refractivity contribution in [3.05, 3.63) is 57.5 Å². The third-order valence-corrected chi connectivity index (χ3v) is 2.56. The van der Waals surface area contributed by atoms with Crippen LogP contribution in [0.25, 0.3) is 6.08 Å². The molecule has 20 heavy (non-hydrogen) atoms. The SMILES string of the molecule is C/C=C/c1ccccc1Oc1nc(Cl)ncc1[N+](=O)[O-]. The Kier molecular flexibility index (Phi) is 4.27. The Morgan fingerprint density at radius 2 is 2.15 bits per heavy atom. The first-order valence-corrected chi connectivity index (χ1v) is 6.06. The number of allylic oxidation sites excluding steroid dienone is 1. The summed E-state index contributed by atoms with van der Waals surface area (Å²) in [6.45, 7) is 1.86. The van der Waals surface area contributed by atoms with Gasteiger partial charge in [-0.15, -0.1) is 0 Å². The number of nitro groups is 1. The number of aromatic nitrogens is 2. The molecule has 0 spiro atoms. The van der Waals surface area contributed by atoms with Gasteiger partial charge in [0.15, 0.2) is 0 Å². The molecule has 0 N–H and O–H groups in total. The number of halogens is 1. The second-order valence-electron chi connectivity index (χ2n) is 3.73. The fourth-order valence-electron chi connectivity index (χ4n) is 1.53. The zero-order chi connectivity index (χ0) is 14.5. The van der Waals surface area contributed by atoms with Crippen LogP contribution in [0.3, 0.4) is 0 Å². The second kappa shape index (κ2) is 6.12. The van der Waals surface area contributed by atoms with E-state index in [0.717, 1.165) is 11.8 Å². The summed E-state index contributed by atoms with van der Waals surface area (Å²) in [5, 5.41) is 10.8. The summed E-state index contributed by atoms with van der Waals surface area (Å²) in [5.41, 5.74) is 0.434. The van der Waals surface area contributed by atoms with Crippen LogP contribution in [0.1, 0.15) is 12.5 Å². The van der Waals surface area contributed by atoms with Crippen LogP contribution < -0.4 is 4.74 Å². The first-order chi connectivity index (χ1) is 9.61. The van der Waals surface area contributed by atoms with Gasteiger partial charge in [0, 0.05) is 5.56 Å². The predicted molar refractivity (Wildman–Crippen MR) is 74.9 cm³/mol. The lowest BCUT2D eigenvalue weighted by Gasteiger charge is -2.07. The van der Waals surface area contributed by atoms with Crippen LogP contribution >= 0.6 is 11.6 Å². The monoisotopic (exact) mass is 291 g/mol. The van der Waals surface area contributed by atoms with Crippen molar-refractivity contribution >= 4 is 23.4 Å². The van der Waals surface area contributed by atoms with Crippen molar-refractivity contribution in [1.82, 2.24) is 9.97 Å². The van der Waals surface area contributed by atoms with E-state index in [-0.39, 0.29) is 16.9 Å². The molecule has 0 aliphatic heterocycles. The molecule has 6 nitrogen and oxygen atoms in total. The minimum absolute atomic E-state index is 0.117. The third kappa shape index (κ3) is 3.10. The molecule has 0 bridgehead atoms. The highest BCUT2D eigenvalue weighted by Crippen LogP contribution is 2.31. The Morgan fingerprint density at radius 1 is 1.40 bits per heavy atom. The summed E-state index contributed by atoms with van der Waals surface area (Å²) in [6, 6.07) is 7.11. The molecule has 0 aliphatic carbocycles. The van der Waals surface area contributed by atoms with Gasteiger partial charge in [-0.3, -0.25) is 10.1 Å². The zero-order valence-corrected chi connectivity index (χ0v) is 11.2. The molecule has 2 rings (SSSR count). The van der Waals surface area contributed by atoms with Gasteiger partial charge in [0.05, 0.1) is 4.92 Å². The van der Waals surface area contributed by atoms with E-state index in [4.69, 9.17) is 16.3 Å². The molecule has 0 radical (unpaired) electrons. The van der Waals surface area contributed by atoms with E-state index in [0.29, 0.717) is 5.75 Å². The van der Waals surface area contributed by atoms with Crippen molar-refractivity contribution in [3.8, 4) is 11.6 Å². The standard InChI is InChI=1S/C13H10ClN3O3/c1-2-5-9-6-3-4-7-11(9)20-12-10(17(18)19)8-15-13(14)16-12/h2-8H,1H3/b5-2+. The molecule has 0 saturated heterocycles. The van der Waals surface area contributed by atoms with Gasteiger partial charge in [-0.25, -0.2) is 4.98 Å². The average Bonchev–Trinajstić information content (AvgIpc) is 2.41. The molecular formula is C13H10ClN3O3. The van der Waals surface area contributed by atoms with Crippen LogP contribution in [-0.2, 0) is 0 Å². The number of benzene rings is 1. The summed E-state index contributed by atoms with van der Waals surface area (Å²) < 4.78 is 5.51. The van der Waals surface area contributed by atoms with E-state index in [2.05, 4.69) is 9.97 Å². The van der Waals surface area contributed by atoms with E-state index in [1.165, 1.54) is 0 Å². The Balaban J connectivity index is 2.44. The molecule has 0 aliphatic rings. The zero-order valence-electron chi connectivity index (χ0n) is 10.5. The number of hydrogen-bond donors (Lipinski definition) is 0. The van der Waals surface area contributed by atoms with Gasteiger partial charge in [0.2, 0.25) is 5.28 Å². The number of para-hydroxylation sites is 1. The Labute approximate surface area is 119 Å². The summed E-state index contributed by atoms with van der Waals surface area (Å²) >= 11 is 5.65. The van der Waals surface area contributed by atoms with E-state index in [9.17, 15) is 10.1 Å². The number of ether oxygens (including phenoxy) is 1. The normalized spacial score (nSPS) is 10.7. The average molecular weight is 292 g/mol. The third-order valence-electron chi connectivity index (χ3n) is 2.37. The molecule has 0 unspecified atom stereocenters. The molecular weight excluding hydrogens is 282 g/mol. The van der Waals surface area contributed by atoms with Crippen molar-refractivity contribution in [2.24, 2.45) is 0 Å². The van der Waals surface area contributed by atoms with Crippen LogP contribution in [0, 0.1) is 10.1 Å². The van der Waals surface area contributed by atoms with Gasteiger partial charge in [-0.05, 0) is 24.6 Å². The number of nitrogens with zero attached hydrogens (tertiary/aromatic N) is 3. The van der Waals surface area contributed by atoms with Crippen molar-refractivity contribution in [2.45, 2.75) is 6.92 Å². The van der Waals surface area contributed by atoms with Crippen molar-refractivity contribution in [2.75, 3.05) is 0 Å². The molecule has 0 atom stereocenters. The van der Waals surface area contributed by atoms with Gasteiger partial charge in [0.25, 0.3) is 0 Å². The molecule has 0 amide bonds.